The predicted octanol–water partition coefficient (Wildman–Crippen LogP) is 3.42. The average molecular weight is 335 g/mol. The first-order chi connectivity index (χ1) is 10.7. The largest absolute Gasteiger partial charge is 0.466 e. The van der Waals surface area contributed by atoms with Crippen molar-refractivity contribution in [2.45, 2.75) is 18.2 Å². The number of esters is 1. The number of anilines is 1. The number of carbonyl (C=O) groups excluding carboxylic acids is 1. The van der Waals surface area contributed by atoms with Crippen LogP contribution in [0.1, 0.15) is 18.2 Å². The number of hydrogen-bond donors (Lipinski definition) is 1. The SMILES string of the molecule is CCOC(=O)Cc1csc(NN=Cc2cccc(SC)c2)n1. The number of nitrogens with one attached hydrogen (secondary N) is 1. The van der Waals surface area contributed by atoms with Gasteiger partial charge in [-0.05, 0) is 30.9 Å². The van der Waals surface area contributed by atoms with Gasteiger partial charge >= 0.3 is 5.97 Å². The van der Waals surface area contributed by atoms with Gasteiger partial charge in [-0.2, -0.15) is 5.10 Å². The molecular weight excluding hydrogens is 318 g/mol. The highest BCUT2D eigenvalue weighted by Gasteiger charge is 2.07. The molecule has 1 aromatic carbocycles. The molecule has 0 saturated carbocycles. The Morgan fingerprint density at radius 2 is 2.41 bits per heavy atom. The molecule has 0 unspecified atom stereocenters. The van der Waals surface area contributed by atoms with Crippen LogP contribution in [0.4, 0.5) is 5.13 Å². The first kappa shape index (κ1) is 16.5. The van der Waals surface area contributed by atoms with Gasteiger partial charge in [0.05, 0.1) is 24.9 Å². The third-order valence-corrected chi connectivity index (χ3v) is 4.17. The lowest BCUT2D eigenvalue weighted by Gasteiger charge is -1.98. The van der Waals surface area contributed by atoms with Crippen LogP contribution >= 0.6 is 23.1 Å². The number of thiazole rings is 1. The number of hydrogen-bond acceptors (Lipinski definition) is 7. The Bertz CT molecular complexity index is 656. The zero-order valence-corrected chi connectivity index (χ0v) is 14.0. The van der Waals surface area contributed by atoms with Gasteiger partial charge in [0.25, 0.3) is 0 Å². The normalized spacial score (nSPS) is 10.8. The number of aromatic nitrogens is 1. The van der Waals surface area contributed by atoms with Gasteiger partial charge in [0.15, 0.2) is 0 Å². The quantitative estimate of drug-likeness (QED) is 0.363. The van der Waals surface area contributed by atoms with E-state index < -0.39 is 0 Å². The van der Waals surface area contributed by atoms with Crippen molar-refractivity contribution >= 4 is 40.4 Å². The van der Waals surface area contributed by atoms with Gasteiger partial charge < -0.3 is 4.74 Å². The first-order valence-electron chi connectivity index (χ1n) is 6.74. The van der Waals surface area contributed by atoms with Crippen molar-refractivity contribution in [3.05, 3.63) is 40.9 Å². The molecule has 7 heteroatoms. The van der Waals surface area contributed by atoms with Crippen LogP contribution in [0.25, 0.3) is 0 Å². The van der Waals surface area contributed by atoms with Crippen molar-refractivity contribution in [3.63, 3.8) is 0 Å². The van der Waals surface area contributed by atoms with Crippen LogP contribution in [0.5, 0.6) is 0 Å². The van der Waals surface area contributed by atoms with E-state index in [1.165, 1.54) is 16.2 Å². The minimum Gasteiger partial charge on any atom is -0.466 e. The molecule has 2 rings (SSSR count). The molecule has 5 nitrogen and oxygen atoms in total. The number of rotatable bonds is 7. The molecule has 0 aliphatic carbocycles. The fourth-order valence-electron chi connectivity index (χ4n) is 1.68. The van der Waals surface area contributed by atoms with E-state index in [0.717, 1.165) is 5.56 Å². The van der Waals surface area contributed by atoms with E-state index in [2.05, 4.69) is 27.6 Å². The van der Waals surface area contributed by atoms with Crippen LogP contribution in [0.3, 0.4) is 0 Å². The fraction of sp³-hybridized carbons (Fsp3) is 0.267. The lowest BCUT2D eigenvalue weighted by atomic mass is 10.2. The van der Waals surface area contributed by atoms with Crippen molar-refractivity contribution in [1.82, 2.24) is 4.98 Å². The molecule has 1 aromatic heterocycles. The second kappa shape index (κ2) is 8.55. The van der Waals surface area contributed by atoms with E-state index in [0.29, 0.717) is 17.4 Å². The van der Waals surface area contributed by atoms with Gasteiger partial charge in [-0.1, -0.05) is 12.1 Å². The highest BCUT2D eigenvalue weighted by molar-refractivity contribution is 7.98. The van der Waals surface area contributed by atoms with E-state index in [9.17, 15) is 4.79 Å². The Morgan fingerprint density at radius 3 is 3.18 bits per heavy atom. The van der Waals surface area contributed by atoms with E-state index in [1.807, 2.05) is 23.8 Å². The monoisotopic (exact) mass is 335 g/mol. The number of carbonyl (C=O) groups is 1. The summed E-state index contributed by atoms with van der Waals surface area (Å²) in [6.07, 6.45) is 3.97. The minimum atomic E-state index is -0.267. The van der Waals surface area contributed by atoms with Crippen molar-refractivity contribution < 1.29 is 9.53 Å². The topological polar surface area (TPSA) is 63.6 Å². The molecule has 116 valence electrons. The summed E-state index contributed by atoms with van der Waals surface area (Å²) in [5.41, 5.74) is 4.58. The summed E-state index contributed by atoms with van der Waals surface area (Å²) < 4.78 is 4.89. The van der Waals surface area contributed by atoms with Gasteiger partial charge in [-0.25, -0.2) is 4.98 Å². The third kappa shape index (κ3) is 5.16. The number of nitrogens with zero attached hydrogens (tertiary/aromatic N) is 2. The molecule has 0 bridgehead atoms. The van der Waals surface area contributed by atoms with E-state index in [1.54, 1.807) is 24.9 Å². The summed E-state index contributed by atoms with van der Waals surface area (Å²) in [7, 11) is 0. The maximum absolute atomic E-state index is 11.4. The maximum atomic E-state index is 11.4. The molecule has 0 atom stereocenters. The minimum absolute atomic E-state index is 0.186. The predicted molar refractivity (Wildman–Crippen MR) is 91.9 cm³/mol. The lowest BCUT2D eigenvalue weighted by Crippen LogP contribution is -2.07. The zero-order valence-electron chi connectivity index (χ0n) is 12.4. The molecule has 22 heavy (non-hydrogen) atoms. The average Bonchev–Trinajstić information content (AvgIpc) is 2.95. The molecule has 0 saturated heterocycles. The number of ether oxygens (including phenoxy) is 1. The Balaban J connectivity index is 1.90. The smallest absolute Gasteiger partial charge is 0.311 e. The summed E-state index contributed by atoms with van der Waals surface area (Å²) in [5, 5.41) is 6.64. The molecule has 0 aliphatic rings. The van der Waals surface area contributed by atoms with E-state index in [-0.39, 0.29) is 12.4 Å². The molecule has 1 heterocycles. The standard InChI is InChI=1S/C15H17N3O2S2/c1-3-20-14(19)8-12-10-22-15(17-12)18-16-9-11-5-4-6-13(7-11)21-2/h4-7,9-10H,3,8H2,1-2H3,(H,17,18). The Morgan fingerprint density at radius 1 is 1.55 bits per heavy atom. The number of hydrazone groups is 1. The van der Waals surface area contributed by atoms with Crippen molar-refractivity contribution in [3.8, 4) is 0 Å². The molecule has 1 N–H and O–H groups in total. The van der Waals surface area contributed by atoms with Crippen LogP contribution in [0, 0.1) is 0 Å². The Labute approximate surface area is 137 Å². The molecule has 0 fully saturated rings. The second-order valence-electron chi connectivity index (χ2n) is 4.27. The van der Waals surface area contributed by atoms with Crippen molar-refractivity contribution in [2.75, 3.05) is 18.3 Å². The molecule has 0 radical (unpaired) electrons. The summed E-state index contributed by atoms with van der Waals surface area (Å²) >= 11 is 3.09. The molecule has 0 aliphatic heterocycles. The van der Waals surface area contributed by atoms with Crippen LogP contribution in [-0.4, -0.2) is 30.0 Å². The van der Waals surface area contributed by atoms with E-state index in [4.69, 9.17) is 4.74 Å². The number of thioether (sulfide) groups is 1. The highest BCUT2D eigenvalue weighted by Crippen LogP contribution is 2.17. The fourth-order valence-corrected chi connectivity index (χ4v) is 2.81. The number of benzene rings is 1. The van der Waals surface area contributed by atoms with Crippen molar-refractivity contribution in [1.29, 1.82) is 0 Å². The summed E-state index contributed by atoms with van der Waals surface area (Å²) in [6, 6.07) is 8.09. The van der Waals surface area contributed by atoms with E-state index >= 15 is 0 Å². The molecule has 0 amide bonds. The lowest BCUT2D eigenvalue weighted by molar-refractivity contribution is -0.142. The zero-order chi connectivity index (χ0) is 15.8. The highest BCUT2D eigenvalue weighted by atomic mass is 32.2. The third-order valence-electron chi connectivity index (χ3n) is 2.65. The van der Waals surface area contributed by atoms with Crippen LogP contribution < -0.4 is 5.43 Å². The Kier molecular flexibility index (Phi) is 6.42. The molecule has 2 aromatic rings. The van der Waals surface area contributed by atoms with Crippen LogP contribution in [-0.2, 0) is 16.0 Å². The summed E-state index contributed by atoms with van der Waals surface area (Å²) in [5.74, 6) is -0.267. The molecular formula is C15H17N3O2S2. The van der Waals surface area contributed by atoms with Gasteiger partial charge in [-0.15, -0.1) is 23.1 Å². The van der Waals surface area contributed by atoms with Gasteiger partial charge in [0, 0.05) is 10.3 Å². The maximum Gasteiger partial charge on any atom is 0.311 e. The van der Waals surface area contributed by atoms with Gasteiger partial charge in [-0.3, -0.25) is 10.2 Å². The summed E-state index contributed by atoms with van der Waals surface area (Å²) in [6.45, 7) is 2.17. The Hall–Kier alpha value is -1.86. The van der Waals surface area contributed by atoms with Crippen molar-refractivity contribution in [2.24, 2.45) is 5.10 Å². The molecule has 0 spiro atoms. The van der Waals surface area contributed by atoms with Gasteiger partial charge in [0.1, 0.15) is 0 Å². The first-order valence-corrected chi connectivity index (χ1v) is 8.85. The summed E-state index contributed by atoms with van der Waals surface area (Å²) in [4.78, 5) is 16.8. The van der Waals surface area contributed by atoms with Crippen LogP contribution in [0.15, 0.2) is 39.6 Å². The second-order valence-corrected chi connectivity index (χ2v) is 6.01. The van der Waals surface area contributed by atoms with Gasteiger partial charge in [0.2, 0.25) is 5.13 Å². The van der Waals surface area contributed by atoms with Crippen LogP contribution in [0.2, 0.25) is 0 Å².